The number of hydrogen-bond donors (Lipinski definition) is 0. The Hall–Kier alpha value is -4.92. The normalized spacial score (nSPS) is 14.9. The molecule has 1 atom stereocenters. The van der Waals surface area contributed by atoms with E-state index in [1.165, 1.54) is 34.8 Å². The van der Waals surface area contributed by atoms with Gasteiger partial charge in [0.25, 0.3) is 5.56 Å². The van der Waals surface area contributed by atoms with Crippen molar-refractivity contribution in [1.29, 1.82) is 0 Å². The molecule has 3 heterocycles. The van der Waals surface area contributed by atoms with Gasteiger partial charge in [0.1, 0.15) is 11.8 Å². The van der Waals surface area contributed by atoms with E-state index in [9.17, 15) is 9.59 Å². The number of para-hydroxylation sites is 1. The molecule has 4 aromatic carbocycles. The molecule has 7 rings (SSSR count). The smallest absolute Gasteiger partial charge is 0.338 e. The van der Waals surface area contributed by atoms with Crippen molar-refractivity contribution in [1.82, 2.24) is 9.13 Å². The quantitative estimate of drug-likeness (QED) is 0.204. The zero-order valence-electron chi connectivity index (χ0n) is 24.8. The highest BCUT2D eigenvalue weighted by Gasteiger charge is 2.35. The van der Waals surface area contributed by atoms with Crippen LogP contribution in [0.15, 0.2) is 112 Å². The number of nitrogens with zero attached hydrogens (tertiary/aromatic N) is 3. The Morgan fingerprint density at radius 2 is 1.76 bits per heavy atom. The summed E-state index contributed by atoms with van der Waals surface area (Å²) in [5, 5.41) is 3.88. The number of esters is 1. The summed E-state index contributed by atoms with van der Waals surface area (Å²) in [5.41, 5.74) is 4.20. The number of fused-ring (bicyclic) bond motifs is 3. The van der Waals surface area contributed by atoms with Crippen LogP contribution in [0.3, 0.4) is 0 Å². The predicted octanol–water partition coefficient (Wildman–Crippen LogP) is 6.23. The number of hydrogen-bond acceptors (Lipinski definition) is 6. The first-order valence-corrected chi connectivity index (χ1v) is 15.6. The molecule has 0 fully saturated rings. The van der Waals surface area contributed by atoms with Crippen LogP contribution in [0, 0.1) is 0 Å². The molecule has 45 heavy (non-hydrogen) atoms. The fourth-order valence-corrected chi connectivity index (χ4v) is 7.40. The molecule has 1 aliphatic heterocycles. The molecule has 0 amide bonds. The fourth-order valence-electron chi connectivity index (χ4n) is 6.18. The Kier molecular flexibility index (Phi) is 7.39. The molecule has 0 N–H and O–H groups in total. The first-order valence-electron chi connectivity index (χ1n) is 14.4. The van der Waals surface area contributed by atoms with Crippen LogP contribution in [0.1, 0.15) is 29.7 Å². The van der Waals surface area contributed by atoms with Crippen LogP contribution in [0.2, 0.25) is 5.02 Å². The highest BCUT2D eigenvalue weighted by molar-refractivity contribution is 7.07. The molecule has 0 saturated heterocycles. The molecule has 0 unspecified atom stereocenters. The van der Waals surface area contributed by atoms with E-state index in [1.54, 1.807) is 36.8 Å². The van der Waals surface area contributed by atoms with Crippen LogP contribution >= 0.6 is 22.9 Å². The van der Waals surface area contributed by atoms with E-state index in [-0.39, 0.29) is 11.1 Å². The molecule has 224 valence electrons. The number of halogens is 1. The number of ether oxygens (including phenoxy) is 2. The number of carbonyl (C=O) groups excluding carboxylic acids is 1. The molecule has 1 aliphatic rings. The number of benzene rings is 4. The molecule has 7 nitrogen and oxygen atoms in total. The van der Waals surface area contributed by atoms with Gasteiger partial charge in [-0.1, -0.05) is 83.6 Å². The van der Waals surface area contributed by atoms with E-state index >= 15 is 0 Å². The van der Waals surface area contributed by atoms with E-state index in [0.29, 0.717) is 37.9 Å². The van der Waals surface area contributed by atoms with Crippen molar-refractivity contribution in [3.8, 4) is 5.75 Å². The number of rotatable bonds is 6. The SMILES string of the molecule is COC(=O)C1=C(C)N=c2s/c(=C\c3cn(Cc4cccc5ccccc45)c4ccccc34)c(=O)n2[C@@H]1c1cc(Cl)ccc1OC. The van der Waals surface area contributed by atoms with Gasteiger partial charge in [-0.25, -0.2) is 9.79 Å². The molecule has 9 heteroatoms. The Morgan fingerprint density at radius 1 is 1.00 bits per heavy atom. The van der Waals surface area contributed by atoms with Crippen LogP contribution in [-0.4, -0.2) is 29.3 Å². The Bertz CT molecular complexity index is 2360. The standard InChI is InChI=1S/C36H28ClN3O4S/c1-21-32(35(42)44-3)33(28-18-25(37)15-16-30(28)43-2)40-34(41)31(45-36(40)38-21)17-24-20-39(29-14-7-6-13-27(24)29)19-23-11-8-10-22-9-4-5-12-26(22)23/h4-18,20,33H,19H2,1-3H3/b31-17-/t33-/m1/s1. The maximum absolute atomic E-state index is 14.3. The van der Waals surface area contributed by atoms with Crippen molar-refractivity contribution in [2.45, 2.75) is 19.5 Å². The van der Waals surface area contributed by atoms with E-state index in [4.69, 9.17) is 21.1 Å². The number of allylic oxidation sites excluding steroid dienone is 1. The second kappa shape index (κ2) is 11.5. The van der Waals surface area contributed by atoms with Crippen molar-refractivity contribution >= 4 is 56.7 Å². The van der Waals surface area contributed by atoms with Gasteiger partial charge in [0.15, 0.2) is 4.80 Å². The van der Waals surface area contributed by atoms with E-state index < -0.39 is 12.0 Å². The van der Waals surface area contributed by atoms with Crippen molar-refractivity contribution in [3.63, 3.8) is 0 Å². The largest absolute Gasteiger partial charge is 0.496 e. The third-order valence-electron chi connectivity index (χ3n) is 8.24. The summed E-state index contributed by atoms with van der Waals surface area (Å²) in [7, 11) is 2.85. The van der Waals surface area contributed by atoms with Crippen LogP contribution in [0.25, 0.3) is 27.8 Å². The highest BCUT2D eigenvalue weighted by atomic mass is 35.5. The molecule has 0 spiro atoms. The van der Waals surface area contributed by atoms with Crippen LogP contribution in [0.4, 0.5) is 0 Å². The molecule has 0 radical (unpaired) electrons. The Balaban J connectivity index is 1.41. The average Bonchev–Trinajstić information content (AvgIpc) is 3.56. The van der Waals surface area contributed by atoms with Crippen LogP contribution in [-0.2, 0) is 16.1 Å². The lowest BCUT2D eigenvalue weighted by atomic mass is 9.95. The highest BCUT2D eigenvalue weighted by Crippen LogP contribution is 2.37. The second-order valence-electron chi connectivity index (χ2n) is 10.8. The third-order valence-corrected chi connectivity index (χ3v) is 9.46. The molecular formula is C36H28ClN3O4S. The zero-order chi connectivity index (χ0) is 31.2. The summed E-state index contributed by atoms with van der Waals surface area (Å²) in [6.07, 6.45) is 4.00. The van der Waals surface area contributed by atoms with Gasteiger partial charge < -0.3 is 14.0 Å². The van der Waals surface area contributed by atoms with Crippen LogP contribution < -0.4 is 19.6 Å². The zero-order valence-corrected chi connectivity index (χ0v) is 26.4. The molecule has 0 bridgehead atoms. The minimum Gasteiger partial charge on any atom is -0.496 e. The van der Waals surface area contributed by atoms with E-state index in [2.05, 4.69) is 64.3 Å². The van der Waals surface area contributed by atoms with Crippen molar-refractivity contribution in [2.75, 3.05) is 14.2 Å². The van der Waals surface area contributed by atoms with Gasteiger partial charge >= 0.3 is 5.97 Å². The van der Waals surface area contributed by atoms with Crippen molar-refractivity contribution in [2.24, 2.45) is 4.99 Å². The summed E-state index contributed by atoms with van der Waals surface area (Å²) in [6.45, 7) is 2.42. The lowest BCUT2D eigenvalue weighted by Gasteiger charge is -2.25. The number of carbonyl (C=O) groups is 1. The van der Waals surface area contributed by atoms with Gasteiger partial charge in [-0.2, -0.15) is 0 Å². The minimum atomic E-state index is -0.836. The lowest BCUT2D eigenvalue weighted by molar-refractivity contribution is -0.136. The monoisotopic (exact) mass is 633 g/mol. The Labute approximate surface area is 267 Å². The fraction of sp³-hybridized carbons (Fsp3) is 0.139. The minimum absolute atomic E-state index is 0.253. The number of aromatic nitrogens is 2. The van der Waals surface area contributed by atoms with Gasteiger partial charge in [-0.05, 0) is 53.6 Å². The molecule has 2 aromatic heterocycles. The average molecular weight is 634 g/mol. The Morgan fingerprint density at radius 3 is 2.56 bits per heavy atom. The maximum atomic E-state index is 14.3. The molecule has 6 aromatic rings. The summed E-state index contributed by atoms with van der Waals surface area (Å²) >= 11 is 7.69. The summed E-state index contributed by atoms with van der Waals surface area (Å²) < 4.78 is 15.0. The van der Waals surface area contributed by atoms with E-state index in [1.807, 2.05) is 24.3 Å². The summed E-state index contributed by atoms with van der Waals surface area (Å²) in [4.78, 5) is 32.5. The van der Waals surface area contributed by atoms with E-state index in [0.717, 1.165) is 16.5 Å². The number of thiazole rings is 1. The number of methoxy groups -OCH3 is 2. The maximum Gasteiger partial charge on any atom is 0.338 e. The predicted molar refractivity (Wildman–Crippen MR) is 179 cm³/mol. The summed E-state index contributed by atoms with van der Waals surface area (Å²) in [5.74, 6) is -0.0827. The van der Waals surface area contributed by atoms with Gasteiger partial charge in [0.05, 0.1) is 30.0 Å². The first-order chi connectivity index (χ1) is 21.9. The van der Waals surface area contributed by atoms with Gasteiger partial charge in [-0.3, -0.25) is 9.36 Å². The van der Waals surface area contributed by atoms with Gasteiger partial charge in [0, 0.05) is 39.8 Å². The topological polar surface area (TPSA) is 74.8 Å². The van der Waals surface area contributed by atoms with Gasteiger partial charge in [-0.15, -0.1) is 0 Å². The molecular weight excluding hydrogens is 606 g/mol. The van der Waals surface area contributed by atoms with Crippen LogP contribution in [0.5, 0.6) is 5.75 Å². The lowest BCUT2D eigenvalue weighted by Crippen LogP contribution is -2.40. The second-order valence-corrected chi connectivity index (χ2v) is 12.3. The van der Waals surface area contributed by atoms with Crippen molar-refractivity contribution in [3.05, 3.63) is 144 Å². The molecule has 0 aliphatic carbocycles. The summed E-state index contributed by atoms with van der Waals surface area (Å²) in [6, 6.07) is 27.2. The van der Waals surface area contributed by atoms with Gasteiger partial charge in [0.2, 0.25) is 0 Å². The first kappa shape index (κ1) is 28.8. The third kappa shape index (κ3) is 4.96. The van der Waals surface area contributed by atoms with Crippen molar-refractivity contribution < 1.29 is 14.3 Å². The molecule has 0 saturated carbocycles.